The van der Waals surface area contributed by atoms with E-state index in [0.29, 0.717) is 19.4 Å². The maximum atomic E-state index is 9.84. The predicted octanol–water partition coefficient (Wildman–Crippen LogP) is 3.39. The van der Waals surface area contributed by atoms with Crippen molar-refractivity contribution >= 4 is 7.94 Å². The number of rotatable bonds is 9. The lowest BCUT2D eigenvalue weighted by Crippen LogP contribution is -2.06. The molecule has 1 N–H and O–H groups in total. The third-order valence-electron chi connectivity index (χ3n) is 2.02. The predicted molar refractivity (Wildman–Crippen MR) is 61.4 cm³/mol. The van der Waals surface area contributed by atoms with Gasteiger partial charge in [0.25, 0.3) is 0 Å². The van der Waals surface area contributed by atoms with Crippen LogP contribution in [-0.4, -0.2) is 24.3 Å². The Bertz CT molecular complexity index is 133. The Kier molecular flexibility index (Phi) is 8.80. The van der Waals surface area contributed by atoms with Crippen LogP contribution in [0.4, 0.5) is 0 Å². The van der Waals surface area contributed by atoms with Crippen LogP contribution in [0.1, 0.15) is 46.5 Å². The Morgan fingerprint density at radius 1 is 1.00 bits per heavy atom. The van der Waals surface area contributed by atoms with Gasteiger partial charge in [0, 0.05) is 0 Å². The fourth-order valence-corrected chi connectivity index (χ4v) is 2.42. The van der Waals surface area contributed by atoms with Crippen molar-refractivity contribution in [2.45, 2.75) is 46.5 Å². The van der Waals surface area contributed by atoms with E-state index in [1.54, 1.807) is 0 Å². The molecule has 0 aromatic rings. The fraction of sp³-hybridized carbons (Fsp3) is 1.00. The molecule has 0 aliphatic rings. The van der Waals surface area contributed by atoms with Crippen molar-refractivity contribution in [3.63, 3.8) is 0 Å². The normalized spacial score (nSPS) is 15.4. The third kappa shape index (κ3) is 6.72. The summed E-state index contributed by atoms with van der Waals surface area (Å²) in [6.07, 6.45) is 5.23. The van der Waals surface area contributed by atoms with Gasteiger partial charge in [-0.05, 0) is 20.3 Å². The maximum absolute atomic E-state index is 9.84. The van der Waals surface area contributed by atoms with E-state index in [1.165, 1.54) is 19.3 Å². The molecule has 4 heteroatoms. The van der Waals surface area contributed by atoms with Crippen molar-refractivity contribution in [2.75, 3.05) is 19.4 Å². The molecule has 1 atom stereocenters. The van der Waals surface area contributed by atoms with Crippen LogP contribution >= 0.6 is 7.94 Å². The quantitative estimate of drug-likeness (QED) is 0.481. The lowest BCUT2D eigenvalue weighted by Gasteiger charge is -2.14. The van der Waals surface area contributed by atoms with Crippen LogP contribution in [0.25, 0.3) is 0 Å². The molecule has 0 spiro atoms. The highest BCUT2D eigenvalue weighted by molar-refractivity contribution is 7.60. The van der Waals surface area contributed by atoms with Crippen LogP contribution in [0.15, 0.2) is 0 Å². The van der Waals surface area contributed by atoms with Crippen molar-refractivity contribution in [2.24, 2.45) is 0 Å². The van der Waals surface area contributed by atoms with E-state index in [2.05, 4.69) is 6.92 Å². The van der Waals surface area contributed by atoms with Gasteiger partial charge in [0.05, 0.1) is 13.2 Å². The molecule has 86 valence electrons. The summed E-state index contributed by atoms with van der Waals surface area (Å²) in [6, 6.07) is 0. The van der Waals surface area contributed by atoms with E-state index >= 15 is 0 Å². The summed E-state index contributed by atoms with van der Waals surface area (Å²) >= 11 is 0. The van der Waals surface area contributed by atoms with Crippen LogP contribution in [0.3, 0.4) is 0 Å². The molecule has 0 bridgehead atoms. The average molecular weight is 223 g/mol. The summed E-state index contributed by atoms with van der Waals surface area (Å²) in [4.78, 5) is 9.84. The fourth-order valence-electron chi connectivity index (χ4n) is 1.16. The van der Waals surface area contributed by atoms with Gasteiger partial charge >= 0.3 is 7.94 Å². The first-order valence-corrected chi connectivity index (χ1v) is 7.34. The highest BCUT2D eigenvalue weighted by atomic mass is 31.2. The molecule has 0 radical (unpaired) electrons. The minimum Gasteiger partial charge on any atom is -0.193 e. The molecule has 0 aliphatic carbocycles. The molecule has 0 fully saturated rings. The van der Waals surface area contributed by atoms with Gasteiger partial charge in [0.15, 0.2) is 0 Å². The van der Waals surface area contributed by atoms with E-state index in [0.717, 1.165) is 6.42 Å². The van der Waals surface area contributed by atoms with Crippen molar-refractivity contribution < 1.29 is 13.9 Å². The molecule has 3 nitrogen and oxygen atoms in total. The standard InChI is InChI=1S/C10H24O3P/c1-4-7-8-9-10-13-14(11,6-3)12-5-2/h11H,4-10H2,1-3H3/q+1. The van der Waals surface area contributed by atoms with Crippen LogP contribution in [0.2, 0.25) is 0 Å². The summed E-state index contributed by atoms with van der Waals surface area (Å²) in [5.74, 6) is 0. The molecule has 0 aromatic heterocycles. The Balaban J connectivity index is 3.51. The van der Waals surface area contributed by atoms with Crippen molar-refractivity contribution in [1.29, 1.82) is 0 Å². The van der Waals surface area contributed by atoms with Gasteiger partial charge in [-0.25, -0.2) is 0 Å². The lowest BCUT2D eigenvalue weighted by atomic mass is 10.2. The van der Waals surface area contributed by atoms with E-state index in [-0.39, 0.29) is 0 Å². The van der Waals surface area contributed by atoms with Gasteiger partial charge in [0.1, 0.15) is 6.16 Å². The smallest absolute Gasteiger partial charge is 0.193 e. The first-order chi connectivity index (χ1) is 6.68. The highest BCUT2D eigenvalue weighted by Crippen LogP contribution is 2.56. The largest absolute Gasteiger partial charge is 0.408 e. The number of hydrogen-bond donors (Lipinski definition) is 1. The lowest BCUT2D eigenvalue weighted by molar-refractivity contribution is 0.180. The minimum absolute atomic E-state index is 0.521. The topological polar surface area (TPSA) is 38.7 Å². The molecule has 0 heterocycles. The molecule has 0 amide bonds. The zero-order chi connectivity index (χ0) is 10.9. The molecule has 1 unspecified atom stereocenters. The Morgan fingerprint density at radius 2 is 1.71 bits per heavy atom. The second kappa shape index (κ2) is 8.60. The second-order valence-electron chi connectivity index (χ2n) is 3.27. The molecule has 0 saturated carbocycles. The number of hydrogen-bond acceptors (Lipinski definition) is 3. The monoisotopic (exact) mass is 223 g/mol. The van der Waals surface area contributed by atoms with Crippen LogP contribution < -0.4 is 0 Å². The van der Waals surface area contributed by atoms with E-state index in [4.69, 9.17) is 9.05 Å². The Labute approximate surface area is 88.4 Å². The summed E-state index contributed by atoms with van der Waals surface area (Å²) < 4.78 is 10.6. The van der Waals surface area contributed by atoms with Gasteiger partial charge in [-0.3, -0.25) is 0 Å². The van der Waals surface area contributed by atoms with Crippen molar-refractivity contribution in [1.82, 2.24) is 0 Å². The van der Waals surface area contributed by atoms with Gasteiger partial charge in [-0.15, -0.1) is 0 Å². The van der Waals surface area contributed by atoms with E-state index in [9.17, 15) is 4.89 Å². The van der Waals surface area contributed by atoms with E-state index < -0.39 is 7.94 Å². The van der Waals surface area contributed by atoms with Gasteiger partial charge < -0.3 is 0 Å². The maximum Gasteiger partial charge on any atom is 0.408 e. The summed E-state index contributed by atoms with van der Waals surface area (Å²) in [7, 11) is -2.50. The van der Waals surface area contributed by atoms with Crippen molar-refractivity contribution in [3.8, 4) is 0 Å². The molecule has 0 aliphatic heterocycles. The third-order valence-corrected chi connectivity index (χ3v) is 4.07. The molecule has 0 saturated heterocycles. The van der Waals surface area contributed by atoms with Crippen molar-refractivity contribution in [3.05, 3.63) is 0 Å². The average Bonchev–Trinajstić information content (AvgIpc) is 2.18. The van der Waals surface area contributed by atoms with Crippen LogP contribution in [-0.2, 0) is 9.05 Å². The Hall–Kier alpha value is 0.310. The molecule has 14 heavy (non-hydrogen) atoms. The second-order valence-corrected chi connectivity index (χ2v) is 5.69. The Morgan fingerprint density at radius 3 is 2.21 bits per heavy atom. The van der Waals surface area contributed by atoms with Gasteiger partial charge in [0.2, 0.25) is 0 Å². The van der Waals surface area contributed by atoms with E-state index in [1.807, 2.05) is 13.8 Å². The number of unbranched alkanes of at least 4 members (excludes halogenated alkanes) is 3. The van der Waals surface area contributed by atoms with Crippen LogP contribution in [0.5, 0.6) is 0 Å². The zero-order valence-corrected chi connectivity index (χ0v) is 10.6. The minimum atomic E-state index is -2.50. The summed E-state index contributed by atoms with van der Waals surface area (Å²) in [5, 5.41) is 0. The van der Waals surface area contributed by atoms with Gasteiger partial charge in [-0.2, -0.15) is 13.9 Å². The van der Waals surface area contributed by atoms with Crippen LogP contribution in [0, 0.1) is 0 Å². The zero-order valence-electron chi connectivity index (χ0n) is 9.66. The molecule has 0 rings (SSSR count). The summed E-state index contributed by atoms with van der Waals surface area (Å²) in [5.41, 5.74) is 0. The molecular weight excluding hydrogens is 199 g/mol. The molecular formula is C10H24O3P+. The van der Waals surface area contributed by atoms with Gasteiger partial charge in [-0.1, -0.05) is 26.2 Å². The summed E-state index contributed by atoms with van der Waals surface area (Å²) in [6.45, 7) is 7.10. The first kappa shape index (κ1) is 14.3. The highest BCUT2D eigenvalue weighted by Gasteiger charge is 2.37. The SMILES string of the molecule is CCCCCCO[P+](O)(CC)OCC. The molecule has 0 aromatic carbocycles. The first-order valence-electron chi connectivity index (χ1n) is 5.58.